The third kappa shape index (κ3) is 5.58. The first-order valence-corrected chi connectivity index (χ1v) is 5.56. The van der Waals surface area contributed by atoms with Crippen LogP contribution in [0.2, 0.25) is 0 Å². The van der Waals surface area contributed by atoms with Gasteiger partial charge < -0.3 is 10.1 Å². The molecule has 1 unspecified atom stereocenters. The summed E-state index contributed by atoms with van der Waals surface area (Å²) >= 11 is 0. The second-order valence-corrected chi connectivity index (χ2v) is 4.05. The van der Waals surface area contributed by atoms with Crippen molar-refractivity contribution in [3.8, 4) is 0 Å². The Morgan fingerprint density at radius 1 is 1.36 bits per heavy atom. The van der Waals surface area contributed by atoms with E-state index in [-0.39, 0.29) is 0 Å². The number of nitrogens with zero attached hydrogens (tertiary/aromatic N) is 1. The smallest absolute Gasteiger partial charge is 0.0593 e. The fourth-order valence-corrected chi connectivity index (χ4v) is 1.63. The maximum atomic E-state index is 5.35. The third-order valence-electron chi connectivity index (χ3n) is 2.54. The van der Waals surface area contributed by atoms with Crippen LogP contribution in [0.4, 0.5) is 0 Å². The van der Waals surface area contributed by atoms with E-state index in [0.717, 1.165) is 26.3 Å². The van der Waals surface area contributed by atoms with E-state index >= 15 is 0 Å². The summed E-state index contributed by atoms with van der Waals surface area (Å²) in [7, 11) is 4.17. The number of ether oxygens (including phenoxy) is 1. The SMILES string of the molecule is CCOCCN(C)C(CNC)C(C)C. The van der Waals surface area contributed by atoms with Gasteiger partial charge in [-0.25, -0.2) is 0 Å². The minimum atomic E-state index is 0.598. The van der Waals surface area contributed by atoms with E-state index in [9.17, 15) is 0 Å². The average Bonchev–Trinajstić information content (AvgIpc) is 2.13. The normalized spacial score (nSPS) is 13.9. The number of nitrogens with one attached hydrogen (secondary N) is 1. The molecule has 0 aliphatic rings. The van der Waals surface area contributed by atoms with Crippen molar-refractivity contribution in [1.29, 1.82) is 0 Å². The average molecular weight is 202 g/mol. The summed E-state index contributed by atoms with van der Waals surface area (Å²) in [6, 6.07) is 0.598. The largest absolute Gasteiger partial charge is 0.380 e. The van der Waals surface area contributed by atoms with E-state index in [4.69, 9.17) is 4.74 Å². The van der Waals surface area contributed by atoms with Crippen LogP contribution in [-0.4, -0.2) is 51.3 Å². The standard InChI is InChI=1S/C11H26N2O/c1-6-14-8-7-13(5)11(9-12-4)10(2)3/h10-12H,6-9H2,1-5H3. The van der Waals surface area contributed by atoms with E-state index < -0.39 is 0 Å². The van der Waals surface area contributed by atoms with Gasteiger partial charge in [-0.3, -0.25) is 4.90 Å². The molecular formula is C11H26N2O. The minimum absolute atomic E-state index is 0.598. The molecule has 0 saturated heterocycles. The summed E-state index contributed by atoms with van der Waals surface area (Å²) in [4.78, 5) is 2.37. The van der Waals surface area contributed by atoms with E-state index in [2.05, 4.69) is 31.1 Å². The van der Waals surface area contributed by atoms with Gasteiger partial charge in [0.2, 0.25) is 0 Å². The highest BCUT2D eigenvalue weighted by Crippen LogP contribution is 2.07. The van der Waals surface area contributed by atoms with Crippen molar-refractivity contribution in [1.82, 2.24) is 10.2 Å². The molecule has 0 fully saturated rings. The lowest BCUT2D eigenvalue weighted by atomic mass is 10.0. The zero-order valence-electron chi connectivity index (χ0n) is 10.3. The van der Waals surface area contributed by atoms with Gasteiger partial charge in [0.1, 0.15) is 0 Å². The fraction of sp³-hybridized carbons (Fsp3) is 1.00. The lowest BCUT2D eigenvalue weighted by Crippen LogP contribution is -2.44. The molecule has 1 N–H and O–H groups in total. The molecule has 0 aliphatic carbocycles. The third-order valence-corrected chi connectivity index (χ3v) is 2.54. The van der Waals surface area contributed by atoms with Gasteiger partial charge >= 0.3 is 0 Å². The van der Waals surface area contributed by atoms with Crippen molar-refractivity contribution in [2.24, 2.45) is 5.92 Å². The minimum Gasteiger partial charge on any atom is -0.380 e. The first-order valence-electron chi connectivity index (χ1n) is 5.56. The first kappa shape index (κ1) is 13.9. The van der Waals surface area contributed by atoms with Crippen LogP contribution in [0.3, 0.4) is 0 Å². The Hall–Kier alpha value is -0.120. The molecule has 14 heavy (non-hydrogen) atoms. The molecule has 0 amide bonds. The van der Waals surface area contributed by atoms with Crippen molar-refractivity contribution < 1.29 is 4.74 Å². The highest BCUT2D eigenvalue weighted by molar-refractivity contribution is 4.73. The van der Waals surface area contributed by atoms with Crippen LogP contribution in [0.15, 0.2) is 0 Å². The molecule has 0 bridgehead atoms. The molecule has 3 heteroatoms. The number of hydrogen-bond acceptors (Lipinski definition) is 3. The molecular weight excluding hydrogens is 176 g/mol. The summed E-state index contributed by atoms with van der Waals surface area (Å²) in [5.74, 6) is 0.675. The lowest BCUT2D eigenvalue weighted by molar-refractivity contribution is 0.0962. The zero-order chi connectivity index (χ0) is 11.0. The van der Waals surface area contributed by atoms with Crippen molar-refractivity contribution in [3.63, 3.8) is 0 Å². The lowest BCUT2D eigenvalue weighted by Gasteiger charge is -2.30. The van der Waals surface area contributed by atoms with Gasteiger partial charge in [0, 0.05) is 25.7 Å². The zero-order valence-corrected chi connectivity index (χ0v) is 10.3. The number of likely N-dealkylation sites (N-methyl/N-ethyl adjacent to an activating group) is 2. The molecule has 0 rings (SSSR count). The molecule has 0 aromatic carbocycles. The predicted molar refractivity (Wildman–Crippen MR) is 61.7 cm³/mol. The molecule has 0 saturated carbocycles. The molecule has 86 valence electrons. The van der Waals surface area contributed by atoms with Gasteiger partial charge in [-0.2, -0.15) is 0 Å². The Balaban J connectivity index is 3.82. The highest BCUT2D eigenvalue weighted by Gasteiger charge is 2.16. The van der Waals surface area contributed by atoms with Crippen LogP contribution in [0.1, 0.15) is 20.8 Å². The summed E-state index contributed by atoms with van der Waals surface area (Å²) < 4.78 is 5.35. The Kier molecular flexibility index (Phi) is 8.14. The fourth-order valence-electron chi connectivity index (χ4n) is 1.63. The molecule has 0 heterocycles. The molecule has 1 atom stereocenters. The Morgan fingerprint density at radius 2 is 2.00 bits per heavy atom. The monoisotopic (exact) mass is 202 g/mol. The van der Waals surface area contributed by atoms with Crippen molar-refractivity contribution in [3.05, 3.63) is 0 Å². The van der Waals surface area contributed by atoms with E-state index in [0.29, 0.717) is 12.0 Å². The van der Waals surface area contributed by atoms with Crippen LogP contribution >= 0.6 is 0 Å². The summed E-state index contributed by atoms with van der Waals surface area (Å²) in [5.41, 5.74) is 0. The second kappa shape index (κ2) is 8.21. The molecule has 3 nitrogen and oxygen atoms in total. The molecule has 0 aliphatic heterocycles. The van der Waals surface area contributed by atoms with Crippen LogP contribution in [-0.2, 0) is 4.74 Å². The summed E-state index contributed by atoms with van der Waals surface area (Å²) in [6.07, 6.45) is 0. The van der Waals surface area contributed by atoms with E-state index in [1.807, 2.05) is 14.0 Å². The molecule has 0 radical (unpaired) electrons. The molecule has 0 spiro atoms. The van der Waals surface area contributed by atoms with Gasteiger partial charge in [0.05, 0.1) is 6.61 Å². The van der Waals surface area contributed by atoms with Crippen LogP contribution in [0, 0.1) is 5.92 Å². The number of rotatable bonds is 8. The first-order chi connectivity index (χ1) is 6.63. The van der Waals surface area contributed by atoms with Gasteiger partial charge in [-0.1, -0.05) is 13.8 Å². The number of hydrogen-bond donors (Lipinski definition) is 1. The van der Waals surface area contributed by atoms with Gasteiger partial charge in [-0.15, -0.1) is 0 Å². The maximum absolute atomic E-state index is 5.35. The van der Waals surface area contributed by atoms with Crippen LogP contribution < -0.4 is 5.32 Å². The Bertz CT molecular complexity index is 128. The van der Waals surface area contributed by atoms with Crippen molar-refractivity contribution in [2.75, 3.05) is 40.4 Å². The van der Waals surface area contributed by atoms with Crippen molar-refractivity contribution >= 4 is 0 Å². The summed E-state index contributed by atoms with van der Waals surface area (Å²) in [6.45, 7) is 10.3. The Morgan fingerprint density at radius 3 is 2.43 bits per heavy atom. The Labute approximate surface area is 88.8 Å². The predicted octanol–water partition coefficient (Wildman–Crippen LogP) is 1.20. The van der Waals surface area contributed by atoms with E-state index in [1.165, 1.54) is 0 Å². The molecule has 0 aromatic rings. The summed E-state index contributed by atoms with van der Waals surface area (Å²) in [5, 5.41) is 3.24. The highest BCUT2D eigenvalue weighted by atomic mass is 16.5. The molecule has 0 aromatic heterocycles. The topological polar surface area (TPSA) is 24.5 Å². The van der Waals surface area contributed by atoms with Gasteiger partial charge in [0.25, 0.3) is 0 Å². The quantitative estimate of drug-likeness (QED) is 0.599. The van der Waals surface area contributed by atoms with Gasteiger partial charge in [-0.05, 0) is 26.9 Å². The van der Waals surface area contributed by atoms with Crippen LogP contribution in [0.5, 0.6) is 0 Å². The van der Waals surface area contributed by atoms with Gasteiger partial charge in [0.15, 0.2) is 0 Å². The maximum Gasteiger partial charge on any atom is 0.0593 e. The van der Waals surface area contributed by atoms with Crippen LogP contribution in [0.25, 0.3) is 0 Å². The van der Waals surface area contributed by atoms with E-state index in [1.54, 1.807) is 0 Å². The second-order valence-electron chi connectivity index (χ2n) is 4.05. The van der Waals surface area contributed by atoms with Crippen molar-refractivity contribution in [2.45, 2.75) is 26.8 Å².